The Labute approximate surface area is 123 Å². The van der Waals surface area contributed by atoms with E-state index in [0.717, 1.165) is 11.3 Å². The van der Waals surface area contributed by atoms with Crippen LogP contribution in [0.25, 0.3) is 12.2 Å². The summed E-state index contributed by atoms with van der Waals surface area (Å²) in [5.41, 5.74) is 1.73. The summed E-state index contributed by atoms with van der Waals surface area (Å²) in [5, 5.41) is 7.44. The van der Waals surface area contributed by atoms with Gasteiger partial charge >= 0.3 is 58.2 Å². The maximum atomic E-state index is 3.77. The number of aromatic nitrogens is 2. The zero-order valence-corrected chi connectivity index (χ0v) is 13.0. The van der Waals surface area contributed by atoms with Crippen LogP contribution in [0.3, 0.4) is 0 Å². The summed E-state index contributed by atoms with van der Waals surface area (Å²) in [4.78, 5) is 0. The summed E-state index contributed by atoms with van der Waals surface area (Å²) in [6.07, 6.45) is 5.02. The van der Waals surface area contributed by atoms with Crippen molar-refractivity contribution >= 4 is 12.2 Å². The van der Waals surface area contributed by atoms with Crippen LogP contribution in [0.2, 0.25) is 0 Å². The molecule has 0 amide bonds. The van der Waals surface area contributed by atoms with Gasteiger partial charge in [0.1, 0.15) is 0 Å². The van der Waals surface area contributed by atoms with E-state index < -0.39 is 0 Å². The van der Waals surface area contributed by atoms with Crippen molar-refractivity contribution < 1.29 is 58.2 Å². The Kier molecular flexibility index (Phi) is 12.0. The minimum Gasteiger partial charge on any atom is -0.581 e. The van der Waals surface area contributed by atoms with Crippen LogP contribution in [0.4, 0.5) is 0 Å². The Morgan fingerprint density at radius 3 is 2.25 bits per heavy atom. The molecule has 2 nitrogen and oxygen atoms in total. The third kappa shape index (κ3) is 4.50. The van der Waals surface area contributed by atoms with Gasteiger partial charge in [-0.25, -0.2) is 0 Å². The van der Waals surface area contributed by atoms with Crippen molar-refractivity contribution in [2.45, 2.75) is 13.8 Å². The molecule has 0 fully saturated rings. The number of hydrogen-bond acceptors (Lipinski definition) is 1. The van der Waals surface area contributed by atoms with E-state index in [1.807, 2.05) is 13.8 Å². The van der Waals surface area contributed by atoms with Crippen LogP contribution in [-0.4, -0.2) is 5.10 Å². The molecule has 0 saturated carbocycles. The minimum absolute atomic E-state index is 0. The molecule has 0 saturated heterocycles. The fourth-order valence-corrected chi connectivity index (χ4v) is 0.593. The van der Waals surface area contributed by atoms with Crippen LogP contribution in [0.5, 0.6) is 0 Å². The first kappa shape index (κ1) is 15.0. The summed E-state index contributed by atoms with van der Waals surface area (Å²) >= 11 is 0. The van der Waals surface area contributed by atoms with E-state index >= 15 is 0 Å². The van der Waals surface area contributed by atoms with Gasteiger partial charge in [-0.3, -0.25) is 0 Å². The van der Waals surface area contributed by atoms with Gasteiger partial charge in [-0.2, -0.15) is 6.20 Å². The van der Waals surface area contributed by atoms with Crippen molar-refractivity contribution in [3.8, 4) is 0 Å². The van der Waals surface area contributed by atoms with E-state index in [1.165, 1.54) is 0 Å². The molecule has 1 aromatic heterocycles. The first-order valence-corrected chi connectivity index (χ1v) is 3.61. The van der Waals surface area contributed by atoms with Gasteiger partial charge in [0.15, 0.2) is 0 Å². The first-order valence-electron chi connectivity index (χ1n) is 3.61. The largest absolute Gasteiger partial charge is 1.00 e. The third-order valence-corrected chi connectivity index (χ3v) is 1.07. The zero-order valence-electron chi connectivity index (χ0n) is 8.04. The van der Waals surface area contributed by atoms with Gasteiger partial charge < -0.3 is 10.2 Å². The predicted molar refractivity (Wildman–Crippen MR) is 49.1 cm³/mol. The van der Waals surface area contributed by atoms with Crippen molar-refractivity contribution in [1.29, 1.82) is 0 Å². The Hall–Kier alpha value is 0.495. The molecule has 12 heavy (non-hydrogen) atoms. The van der Waals surface area contributed by atoms with E-state index in [0.29, 0.717) is 0 Å². The van der Waals surface area contributed by atoms with Gasteiger partial charge in [0.05, 0.1) is 0 Å². The van der Waals surface area contributed by atoms with Gasteiger partial charge in [0.25, 0.3) is 0 Å². The summed E-state index contributed by atoms with van der Waals surface area (Å²) in [7, 11) is 0. The van der Waals surface area contributed by atoms with Crippen LogP contribution in [0.15, 0.2) is 19.4 Å². The number of rotatable bonds is 2. The van der Waals surface area contributed by atoms with Crippen LogP contribution in [0, 0.1) is 0 Å². The van der Waals surface area contributed by atoms with Crippen molar-refractivity contribution in [2.75, 3.05) is 0 Å². The zero-order chi connectivity index (χ0) is 8.69. The Morgan fingerprint density at radius 2 is 1.92 bits per heavy atom. The molecular weight excluding hydrogens is 222 g/mol. The maximum Gasteiger partial charge on any atom is 1.00 e. The second-order valence-electron chi connectivity index (χ2n) is 1.59. The van der Waals surface area contributed by atoms with Crippen LogP contribution in [-0.2, 0) is 0 Å². The summed E-state index contributed by atoms with van der Waals surface area (Å²) < 4.78 is 0. The maximum absolute atomic E-state index is 3.77. The topological polar surface area (TPSA) is 27.0 Å². The van der Waals surface area contributed by atoms with E-state index in [-0.39, 0.29) is 58.2 Å². The van der Waals surface area contributed by atoms with E-state index in [1.54, 1.807) is 18.3 Å². The van der Waals surface area contributed by atoms with Crippen molar-refractivity contribution in [2.24, 2.45) is 0 Å². The molecule has 0 aliphatic heterocycles. The average molecular weight is 235 g/mol. The SMILES string of the molecule is C=Cc1c[n-]nc1C=C.CC.[Rb+]. The normalized spacial score (nSPS) is 7.17. The van der Waals surface area contributed by atoms with E-state index in [2.05, 4.69) is 23.4 Å². The first-order chi connectivity index (χ1) is 5.38. The van der Waals surface area contributed by atoms with E-state index in [4.69, 9.17) is 0 Å². The van der Waals surface area contributed by atoms with Crippen LogP contribution >= 0.6 is 0 Å². The molecule has 0 aliphatic carbocycles. The van der Waals surface area contributed by atoms with Crippen molar-refractivity contribution in [3.05, 3.63) is 30.6 Å². The molecule has 1 heterocycles. The Bertz CT molecular complexity index is 206. The predicted octanol–water partition coefficient (Wildman–Crippen LogP) is -0.645. The van der Waals surface area contributed by atoms with Gasteiger partial charge in [0.2, 0.25) is 0 Å². The molecule has 0 radical (unpaired) electrons. The molecule has 0 aliphatic rings. The summed E-state index contributed by atoms with van der Waals surface area (Å²) in [6.45, 7) is 11.1. The molecule has 0 unspecified atom stereocenters. The fourth-order valence-electron chi connectivity index (χ4n) is 0.593. The molecule has 0 N–H and O–H groups in total. The van der Waals surface area contributed by atoms with Gasteiger partial charge in [-0.1, -0.05) is 33.1 Å². The Morgan fingerprint density at radius 1 is 1.33 bits per heavy atom. The van der Waals surface area contributed by atoms with Crippen molar-refractivity contribution in [3.63, 3.8) is 0 Å². The fraction of sp³-hybridized carbons (Fsp3) is 0.222. The third-order valence-electron chi connectivity index (χ3n) is 1.07. The molecule has 1 aromatic rings. The second kappa shape index (κ2) is 9.58. The van der Waals surface area contributed by atoms with Crippen LogP contribution in [0.1, 0.15) is 25.1 Å². The summed E-state index contributed by atoms with van der Waals surface area (Å²) in [5.74, 6) is 0. The quantitative estimate of drug-likeness (QED) is 0.681. The summed E-state index contributed by atoms with van der Waals surface area (Å²) in [6, 6.07) is 0. The number of hydrogen-bond donors (Lipinski definition) is 0. The molecular formula is C9H13N2Rb. The van der Waals surface area contributed by atoms with Gasteiger partial charge in [0, 0.05) is 5.69 Å². The van der Waals surface area contributed by atoms with Crippen LogP contribution < -0.4 is 63.3 Å². The Balaban J connectivity index is 0. The minimum atomic E-state index is 0. The average Bonchev–Trinajstić information content (AvgIpc) is 2.54. The monoisotopic (exact) mass is 234 g/mol. The molecule has 1 rings (SSSR count). The van der Waals surface area contributed by atoms with E-state index in [9.17, 15) is 0 Å². The molecule has 0 atom stereocenters. The molecule has 60 valence electrons. The second-order valence-corrected chi connectivity index (χ2v) is 1.59. The molecule has 0 bridgehead atoms. The standard InChI is InChI=1S/C7H7N2.C2H6.Rb/c1-3-6-5-8-9-7(6)4-2;1-2;/h3-5H,1-2H2;1-2H3;/q-1;;+1. The van der Waals surface area contributed by atoms with Gasteiger partial charge in [-0.15, -0.1) is 0 Å². The number of nitrogens with zero attached hydrogens (tertiary/aromatic N) is 2. The van der Waals surface area contributed by atoms with Crippen molar-refractivity contribution in [1.82, 2.24) is 10.2 Å². The molecule has 0 spiro atoms. The van der Waals surface area contributed by atoms with Gasteiger partial charge in [-0.05, 0) is 11.6 Å². The molecule has 3 heteroatoms. The smallest absolute Gasteiger partial charge is 0.581 e. The molecule has 0 aromatic carbocycles.